The summed E-state index contributed by atoms with van der Waals surface area (Å²) >= 11 is 0. The lowest BCUT2D eigenvalue weighted by Gasteiger charge is -2.11. The highest BCUT2D eigenvalue weighted by molar-refractivity contribution is 4.57. The number of unbranched alkanes of at least 4 members (excludes halogenated alkanes) is 32. The molecule has 1 unspecified atom stereocenters. The van der Waals surface area contributed by atoms with Crippen LogP contribution in [0.5, 0.6) is 0 Å². The zero-order chi connectivity index (χ0) is 29.0. The average Bonchev–Trinajstić information content (AvgIpc) is 2.96. The van der Waals surface area contributed by atoms with Gasteiger partial charge in [0.2, 0.25) is 0 Å². The molecule has 0 nitrogen and oxygen atoms in total. The molecule has 0 aromatic carbocycles. The third-order valence-corrected chi connectivity index (χ3v) is 9.60. The Morgan fingerprint density at radius 3 is 0.550 bits per heavy atom. The van der Waals surface area contributed by atoms with Crippen molar-refractivity contribution in [3.05, 3.63) is 0 Å². The lowest BCUT2D eigenvalue weighted by atomic mass is 9.95. The van der Waals surface area contributed by atoms with Crippen molar-refractivity contribution in [1.29, 1.82) is 0 Å². The van der Waals surface area contributed by atoms with Gasteiger partial charge in [0.05, 0.1) is 0 Å². The molecule has 0 heterocycles. The van der Waals surface area contributed by atoms with Gasteiger partial charge in [-0.05, 0) is 5.92 Å². The van der Waals surface area contributed by atoms with E-state index in [4.69, 9.17) is 0 Å². The fourth-order valence-electron chi connectivity index (χ4n) is 6.58. The molecule has 0 amide bonds. The largest absolute Gasteiger partial charge is 0.0654 e. The minimum atomic E-state index is 0.966. The van der Waals surface area contributed by atoms with Crippen LogP contribution in [-0.2, 0) is 0 Å². The first-order valence-corrected chi connectivity index (χ1v) is 19.8. The van der Waals surface area contributed by atoms with Gasteiger partial charge in [0.15, 0.2) is 0 Å². The van der Waals surface area contributed by atoms with Gasteiger partial charge in [-0.15, -0.1) is 0 Å². The summed E-state index contributed by atoms with van der Waals surface area (Å²) in [6.07, 6.45) is 53.2. The van der Waals surface area contributed by atoms with E-state index < -0.39 is 0 Å². The molecule has 0 aromatic rings. The van der Waals surface area contributed by atoms with E-state index in [0.29, 0.717) is 0 Å². The highest BCUT2D eigenvalue weighted by atomic mass is 14.1. The summed E-state index contributed by atoms with van der Waals surface area (Å²) in [6.45, 7) is 7.13. The van der Waals surface area contributed by atoms with Crippen LogP contribution in [0.15, 0.2) is 0 Å². The van der Waals surface area contributed by atoms with Crippen molar-refractivity contribution in [1.82, 2.24) is 0 Å². The predicted molar refractivity (Wildman–Crippen MR) is 187 cm³/mol. The van der Waals surface area contributed by atoms with E-state index in [-0.39, 0.29) is 0 Å². The lowest BCUT2D eigenvalue weighted by Crippen LogP contribution is -1.95. The lowest BCUT2D eigenvalue weighted by molar-refractivity contribution is 0.429. The summed E-state index contributed by atoms with van der Waals surface area (Å²) in [5.41, 5.74) is 0. The average molecular weight is 563 g/mol. The molecule has 0 bridgehead atoms. The zero-order valence-corrected chi connectivity index (χ0v) is 29.0. The molecule has 0 spiro atoms. The van der Waals surface area contributed by atoms with Gasteiger partial charge in [0, 0.05) is 0 Å². The molecule has 0 saturated heterocycles. The molecule has 0 heteroatoms. The maximum Gasteiger partial charge on any atom is -0.0443 e. The van der Waals surface area contributed by atoms with Gasteiger partial charge in [-0.1, -0.05) is 252 Å². The molecule has 0 aliphatic heterocycles. The molecule has 0 aromatic heterocycles. The molecule has 0 N–H and O–H groups in total. The first kappa shape index (κ1) is 40.0. The summed E-state index contributed by atoms with van der Waals surface area (Å²) in [5, 5.41) is 0. The maximum absolute atomic E-state index is 2.51. The molecule has 0 rings (SSSR count). The molecule has 0 fully saturated rings. The third kappa shape index (κ3) is 36.0. The Morgan fingerprint density at radius 1 is 0.225 bits per heavy atom. The topological polar surface area (TPSA) is 0 Å². The van der Waals surface area contributed by atoms with Gasteiger partial charge in [-0.3, -0.25) is 0 Å². The van der Waals surface area contributed by atoms with E-state index >= 15 is 0 Å². The fourth-order valence-corrected chi connectivity index (χ4v) is 6.58. The summed E-state index contributed by atoms with van der Waals surface area (Å²) in [6, 6.07) is 0. The number of hydrogen-bond acceptors (Lipinski definition) is 0. The van der Waals surface area contributed by atoms with E-state index in [1.54, 1.807) is 0 Å². The van der Waals surface area contributed by atoms with E-state index in [9.17, 15) is 0 Å². The Kier molecular flexibility index (Phi) is 37.0. The quantitative estimate of drug-likeness (QED) is 0.0666. The minimum absolute atomic E-state index is 0.966. The van der Waals surface area contributed by atoms with Gasteiger partial charge in [0.25, 0.3) is 0 Å². The van der Waals surface area contributed by atoms with Crippen LogP contribution in [0.25, 0.3) is 0 Å². The first-order chi connectivity index (χ1) is 19.8. The number of hydrogen-bond donors (Lipinski definition) is 0. The van der Waals surface area contributed by atoms with Crippen molar-refractivity contribution in [2.75, 3.05) is 0 Å². The molecule has 0 saturated carbocycles. The van der Waals surface area contributed by atoms with Crippen molar-refractivity contribution in [2.24, 2.45) is 5.92 Å². The normalized spacial score (nSPS) is 12.4. The van der Waals surface area contributed by atoms with Gasteiger partial charge >= 0.3 is 0 Å². The third-order valence-electron chi connectivity index (χ3n) is 9.60. The second-order valence-electron chi connectivity index (χ2n) is 14.0. The van der Waals surface area contributed by atoms with Crippen LogP contribution < -0.4 is 0 Å². The van der Waals surface area contributed by atoms with E-state index in [1.165, 1.54) is 231 Å². The van der Waals surface area contributed by atoms with Crippen LogP contribution in [0.2, 0.25) is 0 Å². The zero-order valence-electron chi connectivity index (χ0n) is 29.0. The molecular weight excluding hydrogens is 480 g/mol. The first-order valence-electron chi connectivity index (χ1n) is 19.8. The van der Waals surface area contributed by atoms with Crippen LogP contribution >= 0.6 is 0 Å². The maximum atomic E-state index is 2.51. The highest BCUT2D eigenvalue weighted by Crippen LogP contribution is 2.20. The standard InChI is InChI=1S/C40H82/c1-4-6-8-10-12-14-16-18-19-20-21-22-23-24-25-26-27-29-31-33-35-37-39-40(3)38-36-34-32-30-28-17-15-13-11-9-7-5-2/h40H,4-39H2,1-3H3. The highest BCUT2D eigenvalue weighted by Gasteiger charge is 2.02. The second kappa shape index (κ2) is 37.0. The molecule has 1 atom stereocenters. The van der Waals surface area contributed by atoms with Gasteiger partial charge in [0.1, 0.15) is 0 Å². The Labute approximate surface area is 257 Å². The van der Waals surface area contributed by atoms with Crippen LogP contribution in [0.3, 0.4) is 0 Å². The van der Waals surface area contributed by atoms with Crippen LogP contribution in [0.1, 0.15) is 252 Å². The van der Waals surface area contributed by atoms with Crippen LogP contribution in [-0.4, -0.2) is 0 Å². The Hall–Kier alpha value is 0. The summed E-state index contributed by atoms with van der Waals surface area (Å²) in [7, 11) is 0. The van der Waals surface area contributed by atoms with E-state index in [0.717, 1.165) is 5.92 Å². The van der Waals surface area contributed by atoms with Crippen molar-refractivity contribution in [2.45, 2.75) is 252 Å². The second-order valence-corrected chi connectivity index (χ2v) is 14.0. The summed E-state index contributed by atoms with van der Waals surface area (Å²) < 4.78 is 0. The van der Waals surface area contributed by atoms with E-state index in [2.05, 4.69) is 20.8 Å². The number of rotatable bonds is 36. The minimum Gasteiger partial charge on any atom is -0.0654 e. The van der Waals surface area contributed by atoms with Crippen molar-refractivity contribution >= 4 is 0 Å². The Bertz CT molecular complexity index is 412. The SMILES string of the molecule is CCCCCCCCCCCCCCCCCCCCCCCCC(C)CCCCCCCCCCCCCC. The summed E-state index contributed by atoms with van der Waals surface area (Å²) in [5.74, 6) is 0.966. The monoisotopic (exact) mass is 563 g/mol. The van der Waals surface area contributed by atoms with E-state index in [1.807, 2.05) is 0 Å². The van der Waals surface area contributed by atoms with Crippen molar-refractivity contribution in [3.8, 4) is 0 Å². The molecule has 0 aliphatic rings. The Balaban J connectivity index is 3.12. The van der Waals surface area contributed by atoms with Gasteiger partial charge in [-0.25, -0.2) is 0 Å². The fraction of sp³-hybridized carbons (Fsp3) is 1.00. The smallest absolute Gasteiger partial charge is 0.0443 e. The molecule has 0 radical (unpaired) electrons. The van der Waals surface area contributed by atoms with Crippen molar-refractivity contribution < 1.29 is 0 Å². The van der Waals surface area contributed by atoms with Gasteiger partial charge < -0.3 is 0 Å². The molecule has 242 valence electrons. The predicted octanol–water partition coefficient (Wildman–Crippen LogP) is 15.7. The van der Waals surface area contributed by atoms with Crippen LogP contribution in [0.4, 0.5) is 0 Å². The van der Waals surface area contributed by atoms with Crippen molar-refractivity contribution in [3.63, 3.8) is 0 Å². The van der Waals surface area contributed by atoms with Crippen LogP contribution in [0, 0.1) is 5.92 Å². The Morgan fingerprint density at radius 2 is 0.375 bits per heavy atom. The van der Waals surface area contributed by atoms with Gasteiger partial charge in [-0.2, -0.15) is 0 Å². The molecular formula is C40H82. The molecule has 0 aliphatic carbocycles. The molecule has 40 heavy (non-hydrogen) atoms. The summed E-state index contributed by atoms with van der Waals surface area (Å²) in [4.78, 5) is 0.